The van der Waals surface area contributed by atoms with Gasteiger partial charge >= 0.3 is 0 Å². The van der Waals surface area contributed by atoms with Crippen LogP contribution in [0.2, 0.25) is 0 Å². The molecule has 1 aromatic carbocycles. The molecule has 0 saturated carbocycles. The van der Waals surface area contributed by atoms with Crippen LogP contribution in [0.3, 0.4) is 0 Å². The van der Waals surface area contributed by atoms with E-state index < -0.39 is 0 Å². The van der Waals surface area contributed by atoms with Crippen molar-refractivity contribution in [1.29, 1.82) is 5.41 Å². The molecule has 5 nitrogen and oxygen atoms in total. The highest BCUT2D eigenvalue weighted by Crippen LogP contribution is 2.32. The first kappa shape index (κ1) is 11.2. The van der Waals surface area contributed by atoms with E-state index in [0.29, 0.717) is 17.2 Å². The SMILES string of the molecule is COc1cc2ccnc(C(=N)N)c2cc1OC. The second-order valence-corrected chi connectivity index (χ2v) is 3.50. The number of fused-ring (bicyclic) bond motifs is 1. The summed E-state index contributed by atoms with van der Waals surface area (Å²) < 4.78 is 10.4. The highest BCUT2D eigenvalue weighted by Gasteiger charge is 2.10. The van der Waals surface area contributed by atoms with Crippen molar-refractivity contribution >= 4 is 16.6 Å². The van der Waals surface area contributed by atoms with Gasteiger partial charge in [-0.3, -0.25) is 10.4 Å². The van der Waals surface area contributed by atoms with Gasteiger partial charge in [0, 0.05) is 11.6 Å². The van der Waals surface area contributed by atoms with E-state index in [9.17, 15) is 0 Å². The molecule has 2 rings (SSSR count). The van der Waals surface area contributed by atoms with Crippen molar-refractivity contribution in [2.45, 2.75) is 0 Å². The lowest BCUT2D eigenvalue weighted by Crippen LogP contribution is -2.13. The lowest BCUT2D eigenvalue weighted by Gasteiger charge is -2.10. The van der Waals surface area contributed by atoms with Gasteiger partial charge < -0.3 is 15.2 Å². The Morgan fingerprint density at radius 1 is 1.24 bits per heavy atom. The van der Waals surface area contributed by atoms with Crippen molar-refractivity contribution in [3.8, 4) is 11.5 Å². The van der Waals surface area contributed by atoms with Crippen LogP contribution in [0.1, 0.15) is 5.69 Å². The summed E-state index contributed by atoms with van der Waals surface area (Å²) in [5, 5.41) is 9.17. The topological polar surface area (TPSA) is 81.2 Å². The average Bonchev–Trinajstić information content (AvgIpc) is 2.35. The van der Waals surface area contributed by atoms with E-state index in [2.05, 4.69) is 4.98 Å². The van der Waals surface area contributed by atoms with Gasteiger partial charge in [-0.25, -0.2) is 0 Å². The Morgan fingerprint density at radius 2 is 1.88 bits per heavy atom. The van der Waals surface area contributed by atoms with Crippen molar-refractivity contribution in [1.82, 2.24) is 4.98 Å². The molecule has 0 aliphatic rings. The Bertz CT molecular complexity index is 581. The van der Waals surface area contributed by atoms with Crippen LogP contribution in [0.25, 0.3) is 10.8 Å². The van der Waals surface area contributed by atoms with E-state index >= 15 is 0 Å². The lowest BCUT2D eigenvalue weighted by atomic mass is 10.1. The summed E-state index contributed by atoms with van der Waals surface area (Å²) in [4.78, 5) is 4.09. The monoisotopic (exact) mass is 231 g/mol. The number of nitrogens with zero attached hydrogens (tertiary/aromatic N) is 1. The van der Waals surface area contributed by atoms with E-state index in [1.54, 1.807) is 26.5 Å². The van der Waals surface area contributed by atoms with Gasteiger partial charge in [-0.05, 0) is 23.6 Å². The molecule has 5 heteroatoms. The Labute approximate surface area is 98.7 Å². The molecule has 0 radical (unpaired) electrons. The van der Waals surface area contributed by atoms with Crippen molar-refractivity contribution in [2.24, 2.45) is 5.73 Å². The smallest absolute Gasteiger partial charge is 0.161 e. The normalized spacial score (nSPS) is 10.2. The standard InChI is InChI=1S/C12H13N3O2/c1-16-9-5-7-3-4-15-11(12(13)14)8(7)6-10(9)17-2/h3-6H,1-2H3,(H3,13,14). The molecule has 2 aromatic rings. The van der Waals surface area contributed by atoms with Gasteiger partial charge in [0.1, 0.15) is 11.5 Å². The second kappa shape index (κ2) is 4.29. The molecule has 0 fully saturated rings. The summed E-state index contributed by atoms with van der Waals surface area (Å²) in [6.45, 7) is 0. The summed E-state index contributed by atoms with van der Waals surface area (Å²) in [5.74, 6) is 1.17. The predicted molar refractivity (Wildman–Crippen MR) is 65.9 cm³/mol. The molecule has 88 valence electrons. The maximum atomic E-state index is 7.49. The number of methoxy groups -OCH3 is 2. The lowest BCUT2D eigenvalue weighted by molar-refractivity contribution is 0.356. The van der Waals surface area contributed by atoms with Crippen molar-refractivity contribution in [2.75, 3.05) is 14.2 Å². The second-order valence-electron chi connectivity index (χ2n) is 3.50. The number of nitrogens with one attached hydrogen (secondary N) is 1. The van der Waals surface area contributed by atoms with Gasteiger partial charge in [0.25, 0.3) is 0 Å². The van der Waals surface area contributed by atoms with E-state index in [-0.39, 0.29) is 5.84 Å². The molecule has 0 spiro atoms. The molecular formula is C12H13N3O2. The van der Waals surface area contributed by atoms with Crippen LogP contribution in [0.15, 0.2) is 24.4 Å². The molecule has 3 N–H and O–H groups in total. The number of nitrogens with two attached hydrogens (primary N) is 1. The maximum absolute atomic E-state index is 7.49. The third kappa shape index (κ3) is 1.87. The summed E-state index contributed by atoms with van der Waals surface area (Å²) >= 11 is 0. The Kier molecular flexibility index (Phi) is 2.82. The first-order valence-corrected chi connectivity index (χ1v) is 5.02. The Morgan fingerprint density at radius 3 is 2.47 bits per heavy atom. The van der Waals surface area contributed by atoms with Crippen LogP contribution >= 0.6 is 0 Å². The van der Waals surface area contributed by atoms with E-state index in [1.165, 1.54) is 0 Å². The van der Waals surface area contributed by atoms with Crippen molar-refractivity contribution in [3.63, 3.8) is 0 Å². The highest BCUT2D eigenvalue weighted by molar-refractivity contribution is 6.06. The fraction of sp³-hybridized carbons (Fsp3) is 0.167. The van der Waals surface area contributed by atoms with Crippen LogP contribution in [0.5, 0.6) is 11.5 Å². The van der Waals surface area contributed by atoms with E-state index in [1.807, 2.05) is 12.1 Å². The van der Waals surface area contributed by atoms with Gasteiger partial charge in [-0.15, -0.1) is 0 Å². The highest BCUT2D eigenvalue weighted by atomic mass is 16.5. The molecular weight excluding hydrogens is 218 g/mol. The third-order valence-corrected chi connectivity index (χ3v) is 2.52. The number of pyridine rings is 1. The van der Waals surface area contributed by atoms with Gasteiger partial charge in [-0.2, -0.15) is 0 Å². The fourth-order valence-electron chi connectivity index (χ4n) is 1.71. The zero-order chi connectivity index (χ0) is 12.4. The minimum atomic E-state index is -0.0668. The number of ether oxygens (including phenoxy) is 2. The van der Waals surface area contributed by atoms with Crippen molar-refractivity contribution < 1.29 is 9.47 Å². The van der Waals surface area contributed by atoms with Crippen LogP contribution < -0.4 is 15.2 Å². The molecule has 0 aliphatic carbocycles. The van der Waals surface area contributed by atoms with Crippen LogP contribution in [-0.2, 0) is 0 Å². The largest absolute Gasteiger partial charge is 0.493 e. The molecule has 1 aromatic heterocycles. The minimum Gasteiger partial charge on any atom is -0.493 e. The first-order chi connectivity index (χ1) is 8.17. The number of benzene rings is 1. The number of aromatic nitrogens is 1. The maximum Gasteiger partial charge on any atom is 0.161 e. The molecule has 0 amide bonds. The van der Waals surface area contributed by atoms with Crippen LogP contribution in [-0.4, -0.2) is 25.0 Å². The molecule has 0 bridgehead atoms. The van der Waals surface area contributed by atoms with E-state index in [0.717, 1.165) is 10.8 Å². The van der Waals surface area contributed by atoms with Crippen LogP contribution in [0, 0.1) is 5.41 Å². The summed E-state index contributed by atoms with van der Waals surface area (Å²) in [7, 11) is 3.14. The molecule has 0 saturated heterocycles. The summed E-state index contributed by atoms with van der Waals surface area (Å²) in [6.07, 6.45) is 1.62. The van der Waals surface area contributed by atoms with Crippen molar-refractivity contribution in [3.05, 3.63) is 30.1 Å². The molecule has 0 atom stereocenters. The van der Waals surface area contributed by atoms with Crippen LogP contribution in [0.4, 0.5) is 0 Å². The molecule has 1 heterocycles. The Hall–Kier alpha value is -2.30. The number of nitrogen functional groups attached to an aromatic ring is 1. The summed E-state index contributed by atoms with van der Waals surface area (Å²) in [6, 6.07) is 5.45. The minimum absolute atomic E-state index is 0.0668. The van der Waals surface area contributed by atoms with Gasteiger partial charge in [0.2, 0.25) is 0 Å². The predicted octanol–water partition coefficient (Wildman–Crippen LogP) is 1.54. The fourth-order valence-corrected chi connectivity index (χ4v) is 1.71. The zero-order valence-electron chi connectivity index (χ0n) is 9.65. The van der Waals surface area contributed by atoms with Gasteiger partial charge in [0.05, 0.1) is 14.2 Å². The molecule has 17 heavy (non-hydrogen) atoms. The zero-order valence-corrected chi connectivity index (χ0v) is 9.65. The third-order valence-electron chi connectivity index (χ3n) is 2.52. The number of hydrogen-bond acceptors (Lipinski definition) is 4. The quantitative estimate of drug-likeness (QED) is 0.620. The first-order valence-electron chi connectivity index (χ1n) is 5.02. The average molecular weight is 231 g/mol. The number of amidine groups is 1. The number of hydrogen-bond donors (Lipinski definition) is 2. The Balaban J connectivity index is 2.78. The van der Waals surface area contributed by atoms with Gasteiger partial charge in [-0.1, -0.05) is 0 Å². The van der Waals surface area contributed by atoms with E-state index in [4.69, 9.17) is 20.6 Å². The number of rotatable bonds is 3. The van der Waals surface area contributed by atoms with Gasteiger partial charge in [0.15, 0.2) is 11.5 Å². The molecule has 0 unspecified atom stereocenters. The molecule has 0 aliphatic heterocycles. The summed E-state index contributed by atoms with van der Waals surface area (Å²) in [5.41, 5.74) is 5.94.